The molecule has 7 aromatic rings. The van der Waals surface area contributed by atoms with Crippen LogP contribution in [-0.2, 0) is 20.4 Å². The number of hydrogen-bond acceptors (Lipinski definition) is 6. The average molecular weight is 927 g/mol. The maximum absolute atomic E-state index is 12.1. The van der Waals surface area contributed by atoms with E-state index in [0.29, 0.717) is 10.6 Å². The van der Waals surface area contributed by atoms with Gasteiger partial charge in [0.05, 0.1) is 7.92 Å². The molecule has 292 valence electrons. The monoisotopic (exact) mass is 925 g/mol. The van der Waals surface area contributed by atoms with Crippen molar-refractivity contribution in [1.29, 1.82) is 0 Å². The Morgan fingerprint density at radius 2 is 0.860 bits per heavy atom. The molecule has 11 heteroatoms. The van der Waals surface area contributed by atoms with Crippen molar-refractivity contribution in [3.05, 3.63) is 203 Å². The van der Waals surface area contributed by atoms with Crippen molar-refractivity contribution < 1.29 is 54.4 Å². The fraction of sp³-hybridized carbons (Fsp3) is 0.0652. The van der Waals surface area contributed by atoms with Crippen LogP contribution >= 0.6 is 27.4 Å². The maximum atomic E-state index is 12.1. The van der Waals surface area contributed by atoms with Gasteiger partial charge in [-0.1, -0.05) is 125 Å². The van der Waals surface area contributed by atoms with Gasteiger partial charge in [-0.3, -0.25) is 4.99 Å². The Bertz CT molecular complexity index is 2160. The quantitative estimate of drug-likeness (QED) is 0.130. The number of nitrogens with zero attached hydrogens (tertiary/aromatic N) is 1. The Morgan fingerprint density at radius 1 is 0.491 bits per heavy atom. The van der Waals surface area contributed by atoms with Crippen molar-refractivity contribution in [2.75, 3.05) is 0 Å². The minimum Gasteiger partial charge on any atom is -0.872 e. The molecule has 0 aliphatic rings. The first-order valence-corrected chi connectivity index (χ1v) is 22.2. The van der Waals surface area contributed by atoms with Crippen LogP contribution in [0, 0.1) is 31.0 Å². The first kappa shape index (κ1) is 45.7. The van der Waals surface area contributed by atoms with Crippen molar-refractivity contribution in [2.45, 2.75) is 20.8 Å². The number of halogens is 2. The molecule has 0 saturated heterocycles. The van der Waals surface area contributed by atoms with Crippen molar-refractivity contribution in [3.8, 4) is 5.75 Å². The smallest absolute Gasteiger partial charge is 0.872 e. The van der Waals surface area contributed by atoms with Gasteiger partial charge in [-0.15, -0.1) is 10.2 Å². The zero-order chi connectivity index (χ0) is 40.1. The van der Waals surface area contributed by atoms with E-state index in [1.807, 2.05) is 30.3 Å². The fourth-order valence-electron chi connectivity index (χ4n) is 5.90. The van der Waals surface area contributed by atoms with E-state index in [0.717, 1.165) is 5.69 Å². The van der Waals surface area contributed by atoms with Gasteiger partial charge in [0.2, 0.25) is 0 Å². The molecule has 0 fully saturated rings. The van der Waals surface area contributed by atoms with Crippen molar-refractivity contribution >= 4 is 71.2 Å². The van der Waals surface area contributed by atoms with E-state index in [9.17, 15) is 5.11 Å². The van der Waals surface area contributed by atoms with Gasteiger partial charge in [0.25, 0.3) is 0 Å². The predicted molar refractivity (Wildman–Crippen MR) is 225 cm³/mol. The molecular formula is C46H41Cl2NO5P2Pd+2. The Kier molecular flexibility index (Phi) is 17.8. The van der Waals surface area contributed by atoms with Gasteiger partial charge in [0.1, 0.15) is 45.4 Å². The summed E-state index contributed by atoms with van der Waals surface area (Å²) in [5.74, 6) is -0.0905. The first-order valence-electron chi connectivity index (χ1n) is 17.6. The Morgan fingerprint density at radius 3 is 1.28 bits per heavy atom. The molecule has 0 bridgehead atoms. The normalized spacial score (nSPS) is 11.0. The molecule has 0 unspecified atom stereocenters. The SMILES string of the molecule is Cc1ccc([PH+](c2ccc(C)cc2)c2ccc(C)cc2)cc1.[O-][Cl+3]([O-])([O-])[O-].[O-]c1ccc(Cl)cc1C=Nc1ccccc1[PH+](c1ccccc1)c1ccccc1.[Pd+2]. The van der Waals surface area contributed by atoms with Gasteiger partial charge in [-0.25, -0.2) is 18.6 Å². The van der Waals surface area contributed by atoms with Crippen LogP contribution < -0.4 is 55.6 Å². The molecule has 0 heterocycles. The summed E-state index contributed by atoms with van der Waals surface area (Å²) >= 11 is 6.04. The second-order valence-electron chi connectivity index (χ2n) is 12.9. The molecule has 6 nitrogen and oxygen atoms in total. The molecule has 0 aliphatic heterocycles. The van der Waals surface area contributed by atoms with E-state index >= 15 is 0 Å². The third-order valence-electron chi connectivity index (χ3n) is 8.63. The summed E-state index contributed by atoms with van der Waals surface area (Å²) in [5, 5.41) is 20.7. The molecule has 0 spiro atoms. The summed E-state index contributed by atoms with van der Waals surface area (Å²) in [6, 6.07) is 61.1. The van der Waals surface area contributed by atoms with Gasteiger partial charge in [0.15, 0.2) is 0 Å². The van der Waals surface area contributed by atoms with Crippen molar-refractivity contribution in [1.82, 2.24) is 0 Å². The van der Waals surface area contributed by atoms with E-state index in [4.69, 9.17) is 35.2 Å². The summed E-state index contributed by atoms with van der Waals surface area (Å²) in [5.41, 5.74) is 5.31. The minimum absolute atomic E-state index is 0. The summed E-state index contributed by atoms with van der Waals surface area (Å²) in [6.07, 6.45) is 1.61. The summed E-state index contributed by atoms with van der Waals surface area (Å²) < 4.78 is 34.0. The maximum Gasteiger partial charge on any atom is 2.00 e. The summed E-state index contributed by atoms with van der Waals surface area (Å²) in [6.45, 7) is 6.44. The molecule has 0 atom stereocenters. The van der Waals surface area contributed by atoms with Crippen LogP contribution in [0.2, 0.25) is 5.02 Å². The van der Waals surface area contributed by atoms with Gasteiger partial charge >= 0.3 is 20.4 Å². The van der Waals surface area contributed by atoms with Gasteiger partial charge in [-0.05, 0) is 111 Å². The molecule has 0 N–H and O–H groups in total. The van der Waals surface area contributed by atoms with E-state index in [1.165, 1.54) is 54.6 Å². The van der Waals surface area contributed by atoms with Crippen LogP contribution in [0.3, 0.4) is 0 Å². The van der Waals surface area contributed by atoms with Crippen LogP contribution in [0.15, 0.2) is 181 Å². The Balaban J connectivity index is 0.000000229. The molecule has 7 aromatic carbocycles. The summed E-state index contributed by atoms with van der Waals surface area (Å²) in [4.78, 5) is 4.69. The van der Waals surface area contributed by atoms with Crippen LogP contribution in [0.1, 0.15) is 22.3 Å². The minimum atomic E-state index is -4.94. The third kappa shape index (κ3) is 14.4. The number of aliphatic imine (C=N–C) groups is 1. The first-order chi connectivity index (χ1) is 26.9. The zero-order valence-corrected chi connectivity index (χ0v) is 36.4. The van der Waals surface area contributed by atoms with E-state index in [-0.39, 0.29) is 26.2 Å². The molecule has 0 amide bonds. The second kappa shape index (κ2) is 22.2. The van der Waals surface area contributed by atoms with E-state index in [1.54, 1.807) is 18.3 Å². The molecular weight excluding hydrogens is 886 g/mol. The van der Waals surface area contributed by atoms with Crippen LogP contribution in [0.25, 0.3) is 0 Å². The molecule has 0 aliphatic carbocycles. The zero-order valence-electron chi connectivity index (χ0n) is 31.4. The molecule has 0 saturated carbocycles. The Labute approximate surface area is 358 Å². The molecule has 57 heavy (non-hydrogen) atoms. The average Bonchev–Trinajstić information content (AvgIpc) is 3.18. The van der Waals surface area contributed by atoms with Crippen molar-refractivity contribution in [3.63, 3.8) is 0 Å². The number of benzene rings is 7. The summed E-state index contributed by atoms with van der Waals surface area (Å²) in [7, 11) is -7.12. The van der Waals surface area contributed by atoms with Crippen LogP contribution in [0.4, 0.5) is 5.69 Å². The largest absolute Gasteiger partial charge is 2.00 e. The second-order valence-corrected chi connectivity index (χ2v) is 19.0. The standard InChI is InChI=1S/C25H19ClNOP.C21H21P.ClHO4.Pd/c26-20-15-16-24(28)19(17-20)18-27-23-13-7-8-14-25(23)29(21-9-3-1-4-10-21)22-11-5-2-6-12-22;1-16-4-10-19(11-5-16)22(20-12-6-17(2)7-13-20)21-14-8-18(3)9-15-21;2-1(3,4)5;/h1-18,28H;4-15H,1-3H3;(H,2,3,4,5);/q;;;+2. The molecule has 7 rings (SSSR count). The molecule has 0 aromatic heterocycles. The Hall–Kier alpha value is -4.05. The fourth-order valence-corrected chi connectivity index (χ4v) is 11.3. The number of para-hydroxylation sites is 1. The third-order valence-corrected chi connectivity index (χ3v) is 14.4. The van der Waals surface area contributed by atoms with Crippen molar-refractivity contribution in [2.24, 2.45) is 4.99 Å². The van der Waals surface area contributed by atoms with Gasteiger partial charge < -0.3 is 5.11 Å². The van der Waals surface area contributed by atoms with E-state index < -0.39 is 26.1 Å². The number of hydrogen-bond donors (Lipinski definition) is 0. The van der Waals surface area contributed by atoms with Gasteiger partial charge in [-0.2, -0.15) is 0 Å². The topological polar surface area (TPSA) is 128 Å². The van der Waals surface area contributed by atoms with Crippen LogP contribution in [0.5, 0.6) is 5.75 Å². The predicted octanol–water partition coefficient (Wildman–Crippen LogP) is 4.00. The molecule has 0 radical (unpaired) electrons. The number of aryl methyl sites for hydroxylation is 3. The number of rotatable bonds is 8. The van der Waals surface area contributed by atoms with Crippen LogP contribution in [-0.4, -0.2) is 6.21 Å². The van der Waals surface area contributed by atoms with Gasteiger partial charge in [0, 0.05) is 11.2 Å². The van der Waals surface area contributed by atoms with E-state index in [2.05, 4.69) is 148 Å².